The quantitative estimate of drug-likeness (QED) is 0.590. The van der Waals surface area contributed by atoms with Crippen LogP contribution in [0.2, 0.25) is 0 Å². The maximum Gasteiger partial charge on any atom is 0.135 e. The third kappa shape index (κ3) is 0.533. The van der Waals surface area contributed by atoms with E-state index < -0.39 is 0 Å². The fourth-order valence-corrected chi connectivity index (χ4v) is 1.63. The third-order valence-electron chi connectivity index (χ3n) is 2.23. The van der Waals surface area contributed by atoms with Crippen LogP contribution >= 0.6 is 0 Å². The molecule has 1 N–H and O–H groups in total. The van der Waals surface area contributed by atoms with Gasteiger partial charge in [-0.15, -0.1) is 0 Å². The molecule has 3 aliphatic rings. The van der Waals surface area contributed by atoms with E-state index in [0.717, 1.165) is 18.9 Å². The molecule has 0 saturated heterocycles. The zero-order chi connectivity index (χ0) is 7.26. The molecule has 11 heavy (non-hydrogen) atoms. The second-order valence-electron chi connectivity index (χ2n) is 2.85. The Bertz CT molecular complexity index is 355. The van der Waals surface area contributed by atoms with Crippen LogP contribution in [0.1, 0.15) is 16.7 Å². The standard InChI is InChI=1S/C8H7N3/c1-5-2-11-8(10-1)7-4-9-3-6(5)7/h1,4H,2-3H2,(H,10,11). The third-order valence-corrected chi connectivity index (χ3v) is 2.23. The van der Waals surface area contributed by atoms with Crippen molar-refractivity contribution < 1.29 is 0 Å². The molecule has 0 saturated carbocycles. The van der Waals surface area contributed by atoms with E-state index in [1.807, 2.05) is 12.4 Å². The molecule has 2 bridgehead atoms. The van der Waals surface area contributed by atoms with Crippen LogP contribution in [-0.4, -0.2) is 11.2 Å². The molecular weight excluding hydrogens is 138 g/mol. The van der Waals surface area contributed by atoms with E-state index in [9.17, 15) is 0 Å². The van der Waals surface area contributed by atoms with Gasteiger partial charge in [-0.1, -0.05) is 0 Å². The second kappa shape index (κ2) is 1.61. The molecule has 3 nitrogen and oxygen atoms in total. The Labute approximate surface area is 64.2 Å². The maximum absolute atomic E-state index is 4.23. The number of hydrogen-bond acceptors (Lipinski definition) is 3. The van der Waals surface area contributed by atoms with Crippen LogP contribution in [0.15, 0.2) is 11.2 Å². The molecular formula is C8H7N3. The Hall–Kier alpha value is -1.38. The van der Waals surface area contributed by atoms with Crippen molar-refractivity contribution in [2.24, 2.45) is 4.99 Å². The maximum atomic E-state index is 4.23. The second-order valence-corrected chi connectivity index (χ2v) is 2.85. The lowest BCUT2D eigenvalue weighted by molar-refractivity contribution is 0.965. The van der Waals surface area contributed by atoms with Crippen LogP contribution in [0.5, 0.6) is 0 Å². The van der Waals surface area contributed by atoms with Crippen molar-refractivity contribution in [3.05, 3.63) is 22.9 Å². The number of nitrogens with zero attached hydrogens (tertiary/aromatic N) is 2. The van der Waals surface area contributed by atoms with Crippen molar-refractivity contribution in [3.8, 4) is 0 Å². The first-order valence-corrected chi connectivity index (χ1v) is 3.69. The minimum atomic E-state index is 0.849. The highest BCUT2D eigenvalue weighted by atomic mass is 15.0. The molecule has 3 heteroatoms. The average molecular weight is 145 g/mol. The van der Waals surface area contributed by atoms with Crippen LogP contribution in [0.4, 0.5) is 5.82 Å². The van der Waals surface area contributed by atoms with Gasteiger partial charge >= 0.3 is 0 Å². The van der Waals surface area contributed by atoms with Gasteiger partial charge in [-0.2, -0.15) is 0 Å². The Morgan fingerprint density at radius 1 is 1.45 bits per heavy atom. The number of rotatable bonds is 0. The summed E-state index contributed by atoms with van der Waals surface area (Å²) < 4.78 is 0. The van der Waals surface area contributed by atoms with Gasteiger partial charge in [0.1, 0.15) is 5.82 Å². The van der Waals surface area contributed by atoms with Crippen molar-refractivity contribution in [2.45, 2.75) is 13.1 Å². The van der Waals surface area contributed by atoms with Crippen LogP contribution in [-0.2, 0) is 13.1 Å². The monoisotopic (exact) mass is 145 g/mol. The molecule has 3 aliphatic heterocycles. The van der Waals surface area contributed by atoms with E-state index in [1.54, 1.807) is 0 Å². The van der Waals surface area contributed by atoms with Crippen molar-refractivity contribution in [3.63, 3.8) is 0 Å². The highest BCUT2D eigenvalue weighted by molar-refractivity contribution is 5.92. The highest BCUT2D eigenvalue weighted by Crippen LogP contribution is 2.29. The molecule has 4 heterocycles. The van der Waals surface area contributed by atoms with Crippen LogP contribution in [0.3, 0.4) is 0 Å². The molecule has 0 fully saturated rings. The topological polar surface area (TPSA) is 37.3 Å². The number of aromatic nitrogens is 1. The van der Waals surface area contributed by atoms with Crippen molar-refractivity contribution in [1.82, 2.24) is 4.98 Å². The first kappa shape index (κ1) is 5.29. The van der Waals surface area contributed by atoms with E-state index in [1.165, 1.54) is 16.7 Å². The van der Waals surface area contributed by atoms with Crippen LogP contribution in [0.25, 0.3) is 0 Å². The number of aliphatic imine (C=N–C) groups is 1. The molecule has 0 amide bonds. The lowest BCUT2D eigenvalue weighted by Gasteiger charge is -2.18. The van der Waals surface area contributed by atoms with E-state index in [0.29, 0.717) is 0 Å². The molecule has 0 atom stereocenters. The fourth-order valence-electron chi connectivity index (χ4n) is 1.63. The van der Waals surface area contributed by atoms with Crippen molar-refractivity contribution in [2.75, 3.05) is 5.32 Å². The zero-order valence-corrected chi connectivity index (χ0v) is 5.96. The lowest BCUT2D eigenvalue weighted by atomic mass is 10.0. The normalized spacial score (nSPS) is 16.7. The van der Waals surface area contributed by atoms with E-state index in [-0.39, 0.29) is 0 Å². The summed E-state index contributed by atoms with van der Waals surface area (Å²) in [6.45, 7) is 1.78. The molecule has 0 unspecified atom stereocenters. The summed E-state index contributed by atoms with van der Waals surface area (Å²) in [7, 11) is 0. The highest BCUT2D eigenvalue weighted by Gasteiger charge is 2.20. The zero-order valence-electron chi connectivity index (χ0n) is 5.96. The van der Waals surface area contributed by atoms with Crippen LogP contribution < -0.4 is 5.32 Å². The van der Waals surface area contributed by atoms with E-state index in [4.69, 9.17) is 0 Å². The smallest absolute Gasteiger partial charge is 0.135 e. The minimum Gasteiger partial charge on any atom is -0.365 e. The summed E-state index contributed by atoms with van der Waals surface area (Å²) in [5, 5.41) is 3.22. The van der Waals surface area contributed by atoms with Gasteiger partial charge in [0.25, 0.3) is 0 Å². The number of anilines is 1. The van der Waals surface area contributed by atoms with Gasteiger partial charge in [-0.25, -0.2) is 4.98 Å². The summed E-state index contributed by atoms with van der Waals surface area (Å²) in [5.41, 5.74) is 3.87. The van der Waals surface area contributed by atoms with Gasteiger partial charge in [0.2, 0.25) is 0 Å². The van der Waals surface area contributed by atoms with Gasteiger partial charge in [0.15, 0.2) is 0 Å². The van der Waals surface area contributed by atoms with E-state index in [2.05, 4.69) is 15.3 Å². The largest absolute Gasteiger partial charge is 0.365 e. The van der Waals surface area contributed by atoms with Gasteiger partial charge < -0.3 is 5.32 Å². The van der Waals surface area contributed by atoms with Crippen molar-refractivity contribution >= 4 is 12.0 Å². The minimum absolute atomic E-state index is 0.849. The average Bonchev–Trinajstić information content (AvgIpc) is 2.55. The van der Waals surface area contributed by atoms with Gasteiger partial charge in [-0.05, 0) is 11.1 Å². The van der Waals surface area contributed by atoms with Crippen LogP contribution in [0, 0.1) is 0 Å². The predicted octanol–water partition coefficient (Wildman–Crippen LogP) is 0.940. The number of pyridine rings is 1. The summed E-state index contributed by atoms with van der Waals surface area (Å²) in [4.78, 5) is 8.44. The predicted molar refractivity (Wildman–Crippen MR) is 42.9 cm³/mol. The first-order chi connectivity index (χ1) is 5.45. The number of hydrogen-bond donors (Lipinski definition) is 1. The molecule has 1 aromatic rings. The first-order valence-electron chi connectivity index (χ1n) is 3.69. The summed E-state index contributed by atoms with van der Waals surface area (Å²) in [5.74, 6) is 0.997. The molecule has 0 radical (unpaired) electrons. The summed E-state index contributed by atoms with van der Waals surface area (Å²) >= 11 is 0. The molecule has 54 valence electrons. The Morgan fingerprint density at radius 2 is 2.45 bits per heavy atom. The van der Waals surface area contributed by atoms with Crippen molar-refractivity contribution in [1.29, 1.82) is 0 Å². The summed E-state index contributed by atoms with van der Waals surface area (Å²) in [6.07, 6.45) is 3.85. The molecule has 0 spiro atoms. The number of nitrogens with one attached hydrogen (secondary N) is 1. The van der Waals surface area contributed by atoms with Gasteiger partial charge in [-0.3, -0.25) is 4.99 Å². The molecule has 0 aromatic carbocycles. The van der Waals surface area contributed by atoms with Gasteiger partial charge in [0.05, 0.1) is 6.54 Å². The fraction of sp³-hybridized carbons (Fsp3) is 0.250. The molecule has 0 aliphatic carbocycles. The Balaban J connectivity index is 2.42. The Kier molecular flexibility index (Phi) is 0.776. The Morgan fingerprint density at radius 3 is 3.18 bits per heavy atom. The molecule has 1 aromatic heterocycles. The number of fused-ring (bicyclic) bond motifs is 2. The SMILES string of the molecule is C1=NCc2c3cnc(c21)NC3. The molecule has 4 rings (SSSR count). The van der Waals surface area contributed by atoms with E-state index >= 15 is 0 Å². The summed E-state index contributed by atoms with van der Waals surface area (Å²) in [6, 6.07) is 0. The lowest BCUT2D eigenvalue weighted by Crippen LogP contribution is -2.14. The van der Waals surface area contributed by atoms with Gasteiger partial charge in [0, 0.05) is 24.5 Å².